The van der Waals surface area contributed by atoms with Gasteiger partial charge in [-0.2, -0.15) is 4.98 Å². The molecular weight excluding hydrogens is 384 g/mol. The number of aromatic nitrogens is 7. The van der Waals surface area contributed by atoms with E-state index in [1.165, 1.54) is 22.1 Å². The molecule has 152 valence electrons. The minimum Gasteiger partial charge on any atom is -0.370 e. The Bertz CT molecular complexity index is 1310. The van der Waals surface area contributed by atoms with Crippen LogP contribution >= 0.6 is 0 Å². The molecule has 3 atom stereocenters. The second-order valence-corrected chi connectivity index (χ2v) is 8.23. The number of anilines is 1. The van der Waals surface area contributed by atoms with E-state index in [4.69, 9.17) is 4.52 Å². The lowest BCUT2D eigenvalue weighted by molar-refractivity contribution is 0.363. The van der Waals surface area contributed by atoms with Crippen molar-refractivity contribution in [3.05, 3.63) is 58.7 Å². The van der Waals surface area contributed by atoms with Crippen LogP contribution in [-0.4, -0.2) is 47.3 Å². The minimum absolute atomic E-state index is 0.176. The maximum absolute atomic E-state index is 12.7. The van der Waals surface area contributed by atoms with Crippen molar-refractivity contribution < 1.29 is 4.52 Å². The van der Waals surface area contributed by atoms with E-state index in [9.17, 15) is 4.79 Å². The molecule has 0 N–H and O–H groups in total. The van der Waals surface area contributed by atoms with Gasteiger partial charge in [-0.15, -0.1) is 0 Å². The summed E-state index contributed by atoms with van der Waals surface area (Å²) >= 11 is 0. The zero-order chi connectivity index (χ0) is 20.4. The van der Waals surface area contributed by atoms with Gasteiger partial charge in [0.05, 0.1) is 18.2 Å². The molecule has 5 heterocycles. The van der Waals surface area contributed by atoms with Crippen molar-refractivity contribution in [3.63, 3.8) is 0 Å². The van der Waals surface area contributed by atoms with E-state index in [0.717, 1.165) is 18.9 Å². The van der Waals surface area contributed by atoms with Crippen LogP contribution in [0.4, 0.5) is 5.69 Å². The van der Waals surface area contributed by atoms with E-state index in [2.05, 4.69) is 43.0 Å². The van der Waals surface area contributed by atoms with Gasteiger partial charge in [0.1, 0.15) is 12.9 Å². The molecule has 1 aliphatic heterocycles. The van der Waals surface area contributed by atoms with Crippen LogP contribution < -0.4 is 10.5 Å². The molecule has 0 amide bonds. The zero-order valence-corrected chi connectivity index (χ0v) is 16.6. The summed E-state index contributed by atoms with van der Waals surface area (Å²) in [5, 5.41) is 4.20. The van der Waals surface area contributed by atoms with Gasteiger partial charge in [-0.1, -0.05) is 5.16 Å². The molecule has 10 nitrogen and oxygen atoms in total. The molecule has 0 aromatic carbocycles. The number of fused-ring (bicyclic) bond motifs is 2. The number of hydrogen-bond acceptors (Lipinski definition) is 8. The number of imidazole rings is 1. The Morgan fingerprint density at radius 3 is 2.77 bits per heavy atom. The predicted molar refractivity (Wildman–Crippen MR) is 107 cm³/mol. The highest BCUT2D eigenvalue weighted by atomic mass is 16.5. The Labute approximate surface area is 171 Å². The SMILES string of the molecule is Cc1cncc(N2C[C@@H]3C(c4noc(Cn5cnc6ncn(C)c6c5=O)n4)[C@@H]3C2)c1. The summed E-state index contributed by atoms with van der Waals surface area (Å²) in [6.07, 6.45) is 6.85. The van der Waals surface area contributed by atoms with E-state index in [1.54, 1.807) is 17.9 Å². The van der Waals surface area contributed by atoms with Crippen LogP contribution in [0, 0.1) is 18.8 Å². The number of pyridine rings is 1. The van der Waals surface area contributed by atoms with Crippen molar-refractivity contribution >= 4 is 16.9 Å². The first kappa shape index (κ1) is 17.3. The number of hydrogen-bond donors (Lipinski definition) is 0. The van der Waals surface area contributed by atoms with Crippen molar-refractivity contribution in [2.24, 2.45) is 18.9 Å². The van der Waals surface area contributed by atoms with Gasteiger partial charge in [0.2, 0.25) is 5.89 Å². The molecule has 6 rings (SSSR count). The Kier molecular flexibility index (Phi) is 3.59. The predicted octanol–water partition coefficient (Wildman–Crippen LogP) is 1.11. The monoisotopic (exact) mass is 404 g/mol. The molecule has 4 aromatic heterocycles. The third-order valence-corrected chi connectivity index (χ3v) is 6.21. The maximum Gasteiger partial charge on any atom is 0.280 e. The van der Waals surface area contributed by atoms with Crippen LogP contribution in [0.5, 0.6) is 0 Å². The summed E-state index contributed by atoms with van der Waals surface area (Å²) in [5.74, 6) is 2.55. The Balaban J connectivity index is 1.17. The molecule has 0 radical (unpaired) electrons. The largest absolute Gasteiger partial charge is 0.370 e. The first-order valence-corrected chi connectivity index (χ1v) is 9.94. The van der Waals surface area contributed by atoms with Crippen LogP contribution in [0.15, 0.2) is 40.4 Å². The first-order chi connectivity index (χ1) is 14.6. The number of aryl methyl sites for hydroxylation is 2. The molecular formula is C20H20N8O2. The first-order valence-electron chi connectivity index (χ1n) is 9.94. The number of piperidine rings is 1. The van der Waals surface area contributed by atoms with Gasteiger partial charge < -0.3 is 14.0 Å². The quantitative estimate of drug-likeness (QED) is 0.498. The molecule has 0 spiro atoms. The van der Waals surface area contributed by atoms with E-state index in [-0.39, 0.29) is 12.1 Å². The normalized spacial score (nSPS) is 22.6. The molecule has 1 unspecified atom stereocenters. The fourth-order valence-corrected chi connectivity index (χ4v) is 4.63. The molecule has 2 aliphatic rings. The van der Waals surface area contributed by atoms with Gasteiger partial charge in [-0.3, -0.25) is 14.3 Å². The molecule has 1 saturated carbocycles. The summed E-state index contributed by atoms with van der Waals surface area (Å²) < 4.78 is 8.59. The van der Waals surface area contributed by atoms with Crippen molar-refractivity contribution in [1.29, 1.82) is 0 Å². The fourth-order valence-electron chi connectivity index (χ4n) is 4.63. The molecule has 1 saturated heterocycles. The van der Waals surface area contributed by atoms with Gasteiger partial charge >= 0.3 is 0 Å². The summed E-state index contributed by atoms with van der Waals surface area (Å²) in [7, 11) is 1.77. The Morgan fingerprint density at radius 2 is 1.97 bits per heavy atom. The topological polar surface area (TPSA) is 108 Å². The lowest BCUT2D eigenvalue weighted by Crippen LogP contribution is -2.24. The molecule has 30 heavy (non-hydrogen) atoms. The molecule has 10 heteroatoms. The number of rotatable bonds is 4. The highest BCUT2D eigenvalue weighted by molar-refractivity contribution is 5.68. The van der Waals surface area contributed by atoms with Crippen molar-refractivity contribution in [1.82, 2.24) is 34.2 Å². The highest BCUT2D eigenvalue weighted by Crippen LogP contribution is 2.57. The summed E-state index contributed by atoms with van der Waals surface area (Å²) in [6.45, 7) is 4.21. The molecule has 0 bridgehead atoms. The fraction of sp³-hybridized carbons (Fsp3) is 0.400. The highest BCUT2D eigenvalue weighted by Gasteiger charge is 2.58. The second kappa shape index (κ2) is 6.22. The third-order valence-electron chi connectivity index (χ3n) is 6.21. The third kappa shape index (κ3) is 2.63. The van der Waals surface area contributed by atoms with Crippen LogP contribution in [0.3, 0.4) is 0 Å². The van der Waals surface area contributed by atoms with E-state index >= 15 is 0 Å². The average Bonchev–Trinajstić information content (AvgIpc) is 3.16. The minimum atomic E-state index is -0.176. The summed E-state index contributed by atoms with van der Waals surface area (Å²) in [4.78, 5) is 32.3. The van der Waals surface area contributed by atoms with Gasteiger partial charge in [0, 0.05) is 32.3 Å². The van der Waals surface area contributed by atoms with E-state index in [1.807, 2.05) is 12.4 Å². The van der Waals surface area contributed by atoms with Gasteiger partial charge in [0.15, 0.2) is 17.0 Å². The number of nitrogens with zero attached hydrogens (tertiary/aromatic N) is 8. The van der Waals surface area contributed by atoms with Crippen LogP contribution in [-0.2, 0) is 13.6 Å². The van der Waals surface area contributed by atoms with Crippen LogP contribution in [0.25, 0.3) is 11.2 Å². The van der Waals surface area contributed by atoms with E-state index < -0.39 is 0 Å². The van der Waals surface area contributed by atoms with Crippen molar-refractivity contribution in [3.8, 4) is 0 Å². The summed E-state index contributed by atoms with van der Waals surface area (Å²) in [6, 6.07) is 2.17. The smallest absolute Gasteiger partial charge is 0.280 e. The Hall–Kier alpha value is -3.56. The van der Waals surface area contributed by atoms with Crippen molar-refractivity contribution in [2.75, 3.05) is 18.0 Å². The standard InChI is InChI=1S/C20H20N8O2/c1-11-3-12(5-21-4-11)27-6-13-14(7-27)16(13)18-24-15(30-25-18)8-28-10-23-19-17(20(28)29)26(2)9-22-19/h3-5,9-10,13-14,16H,6-8H2,1-2H3/t13-,14+,16?. The van der Waals surface area contributed by atoms with Crippen LogP contribution in [0.1, 0.15) is 23.2 Å². The summed E-state index contributed by atoms with van der Waals surface area (Å²) in [5.41, 5.74) is 3.06. The van der Waals surface area contributed by atoms with Gasteiger partial charge in [-0.05, 0) is 30.4 Å². The molecule has 4 aromatic rings. The van der Waals surface area contributed by atoms with Gasteiger partial charge in [0.25, 0.3) is 5.56 Å². The maximum atomic E-state index is 12.7. The molecule has 2 fully saturated rings. The van der Waals surface area contributed by atoms with Crippen molar-refractivity contribution in [2.45, 2.75) is 19.4 Å². The van der Waals surface area contributed by atoms with Crippen LogP contribution in [0.2, 0.25) is 0 Å². The lowest BCUT2D eigenvalue weighted by Gasteiger charge is -2.21. The Morgan fingerprint density at radius 1 is 1.17 bits per heavy atom. The average molecular weight is 404 g/mol. The van der Waals surface area contributed by atoms with E-state index in [0.29, 0.717) is 34.8 Å². The zero-order valence-electron chi connectivity index (χ0n) is 16.6. The van der Waals surface area contributed by atoms with Gasteiger partial charge in [-0.25, -0.2) is 9.97 Å². The lowest BCUT2D eigenvalue weighted by atomic mass is 10.2. The molecule has 1 aliphatic carbocycles. The second-order valence-electron chi connectivity index (χ2n) is 8.23.